The van der Waals surface area contributed by atoms with Crippen LogP contribution in [0.2, 0.25) is 0 Å². The summed E-state index contributed by atoms with van der Waals surface area (Å²) in [7, 11) is 0. The van der Waals surface area contributed by atoms with Gasteiger partial charge in [0.05, 0.1) is 0 Å². The summed E-state index contributed by atoms with van der Waals surface area (Å²) in [5.74, 6) is 0. The smallest absolute Gasteiger partial charge is 0.106 e. The summed E-state index contributed by atoms with van der Waals surface area (Å²) in [6, 6.07) is 10.5. The van der Waals surface area contributed by atoms with Crippen LogP contribution in [-0.4, -0.2) is 6.79 Å². The van der Waals surface area contributed by atoms with Crippen molar-refractivity contribution < 1.29 is 4.79 Å². The van der Waals surface area contributed by atoms with Gasteiger partial charge in [0, 0.05) is 0 Å². The molecule has 0 aromatic heterocycles. The monoisotopic (exact) mass is 136 g/mol. The summed E-state index contributed by atoms with van der Waals surface area (Å²) in [5, 5.41) is 0. The topological polar surface area (TPSA) is 17.1 Å². The molecule has 0 saturated carbocycles. The molecule has 0 bridgehead atoms. The van der Waals surface area contributed by atoms with Crippen LogP contribution in [0.5, 0.6) is 0 Å². The third-order valence-corrected chi connectivity index (χ3v) is 1.25. The number of carbonyl (C=O) groups excluding carboxylic acids is 1. The zero-order valence-electron chi connectivity index (χ0n) is 6.21. The van der Waals surface area contributed by atoms with Crippen LogP contribution in [0.1, 0.15) is 12.5 Å². The Bertz CT molecular complexity index is 158. The van der Waals surface area contributed by atoms with Crippen molar-refractivity contribution in [3.8, 4) is 0 Å². The Morgan fingerprint density at radius 3 is 2.00 bits per heavy atom. The molecule has 0 atom stereocenters. The predicted molar refractivity (Wildman–Crippen MR) is 42.9 cm³/mol. The van der Waals surface area contributed by atoms with Crippen LogP contribution in [0.15, 0.2) is 30.3 Å². The van der Waals surface area contributed by atoms with Crippen molar-refractivity contribution in [1.29, 1.82) is 0 Å². The number of aryl methyl sites for hydroxylation is 1. The summed E-state index contributed by atoms with van der Waals surface area (Å²) in [6.07, 6.45) is 1.14. The van der Waals surface area contributed by atoms with E-state index in [0.29, 0.717) is 0 Å². The predicted octanol–water partition coefficient (Wildman–Crippen LogP) is 2.06. The van der Waals surface area contributed by atoms with Gasteiger partial charge in [0.1, 0.15) is 6.79 Å². The molecule has 0 N–H and O–H groups in total. The maximum absolute atomic E-state index is 8.00. The van der Waals surface area contributed by atoms with Crippen molar-refractivity contribution in [3.05, 3.63) is 35.9 Å². The summed E-state index contributed by atoms with van der Waals surface area (Å²) in [6.45, 7) is 4.16. The molecule has 1 aromatic rings. The molecular weight excluding hydrogens is 124 g/mol. The molecule has 0 amide bonds. The minimum atomic E-state index is 1.14. The van der Waals surface area contributed by atoms with Crippen LogP contribution in [0.3, 0.4) is 0 Å². The first kappa shape index (κ1) is 8.89. The van der Waals surface area contributed by atoms with Crippen molar-refractivity contribution >= 4 is 6.79 Å². The molecule has 0 aliphatic rings. The highest BCUT2D eigenvalue weighted by molar-refractivity contribution is 5.13. The Balaban J connectivity index is 0.000000371. The number of hydrogen-bond donors (Lipinski definition) is 0. The van der Waals surface area contributed by atoms with Crippen LogP contribution < -0.4 is 0 Å². The average molecular weight is 136 g/mol. The third-order valence-electron chi connectivity index (χ3n) is 1.25. The quantitative estimate of drug-likeness (QED) is 0.577. The molecule has 0 spiro atoms. The van der Waals surface area contributed by atoms with E-state index in [2.05, 4.69) is 31.2 Å². The molecule has 0 aliphatic heterocycles. The second-order valence-corrected chi connectivity index (χ2v) is 1.84. The zero-order valence-corrected chi connectivity index (χ0v) is 6.21. The van der Waals surface area contributed by atoms with Crippen molar-refractivity contribution in [3.63, 3.8) is 0 Å². The van der Waals surface area contributed by atoms with Crippen LogP contribution in [0.4, 0.5) is 0 Å². The van der Waals surface area contributed by atoms with Gasteiger partial charge >= 0.3 is 0 Å². The van der Waals surface area contributed by atoms with E-state index >= 15 is 0 Å². The van der Waals surface area contributed by atoms with E-state index in [9.17, 15) is 0 Å². The molecular formula is C9H12O. The number of rotatable bonds is 1. The first-order chi connectivity index (χ1) is 4.93. The lowest BCUT2D eigenvalue weighted by Gasteiger charge is -1.89. The molecule has 1 aromatic carbocycles. The van der Waals surface area contributed by atoms with E-state index in [0.717, 1.165) is 6.42 Å². The van der Waals surface area contributed by atoms with Gasteiger partial charge in [-0.05, 0) is 12.0 Å². The molecule has 0 aliphatic carbocycles. The lowest BCUT2D eigenvalue weighted by Crippen LogP contribution is -1.73. The molecule has 54 valence electrons. The molecule has 1 heteroatoms. The second-order valence-electron chi connectivity index (χ2n) is 1.84. The van der Waals surface area contributed by atoms with Gasteiger partial charge in [-0.15, -0.1) is 0 Å². The van der Waals surface area contributed by atoms with Crippen molar-refractivity contribution in [1.82, 2.24) is 0 Å². The van der Waals surface area contributed by atoms with E-state index in [-0.39, 0.29) is 0 Å². The largest absolute Gasteiger partial charge is 0.307 e. The molecule has 10 heavy (non-hydrogen) atoms. The van der Waals surface area contributed by atoms with Crippen molar-refractivity contribution in [2.24, 2.45) is 0 Å². The van der Waals surface area contributed by atoms with E-state index in [1.54, 1.807) is 0 Å². The molecule has 0 saturated heterocycles. The Morgan fingerprint density at radius 1 is 1.20 bits per heavy atom. The van der Waals surface area contributed by atoms with E-state index in [4.69, 9.17) is 4.79 Å². The fraction of sp³-hybridized carbons (Fsp3) is 0.222. The average Bonchev–Trinajstić information content (AvgIpc) is 2.10. The first-order valence-corrected chi connectivity index (χ1v) is 3.26. The molecule has 0 fully saturated rings. The number of carbonyl (C=O) groups is 1. The molecule has 0 unspecified atom stereocenters. The van der Waals surface area contributed by atoms with Crippen LogP contribution in [0, 0.1) is 0 Å². The maximum Gasteiger partial charge on any atom is 0.106 e. The Kier molecular flexibility index (Phi) is 5.35. The highest BCUT2D eigenvalue weighted by Gasteiger charge is 1.79. The summed E-state index contributed by atoms with van der Waals surface area (Å²) in [5.41, 5.74) is 1.41. The fourth-order valence-corrected chi connectivity index (χ4v) is 0.714. The highest BCUT2D eigenvalue weighted by Crippen LogP contribution is 1.96. The Morgan fingerprint density at radius 2 is 1.70 bits per heavy atom. The molecule has 1 nitrogen and oxygen atoms in total. The molecule has 1 rings (SSSR count). The number of benzene rings is 1. The third kappa shape index (κ3) is 3.02. The summed E-state index contributed by atoms with van der Waals surface area (Å²) in [4.78, 5) is 8.00. The van der Waals surface area contributed by atoms with E-state index < -0.39 is 0 Å². The van der Waals surface area contributed by atoms with Gasteiger partial charge in [0.15, 0.2) is 0 Å². The van der Waals surface area contributed by atoms with Gasteiger partial charge in [0.2, 0.25) is 0 Å². The lowest BCUT2D eigenvalue weighted by atomic mass is 10.2. The minimum absolute atomic E-state index is 1.14. The lowest BCUT2D eigenvalue weighted by molar-refractivity contribution is -0.0979. The van der Waals surface area contributed by atoms with Crippen LogP contribution in [0.25, 0.3) is 0 Å². The molecule has 0 radical (unpaired) electrons. The fourth-order valence-electron chi connectivity index (χ4n) is 0.714. The number of hydrogen-bond acceptors (Lipinski definition) is 1. The normalized spacial score (nSPS) is 7.70. The van der Waals surface area contributed by atoms with Crippen LogP contribution >= 0.6 is 0 Å². The van der Waals surface area contributed by atoms with Gasteiger partial charge in [-0.3, -0.25) is 0 Å². The Labute approximate surface area is 61.7 Å². The van der Waals surface area contributed by atoms with E-state index in [1.165, 1.54) is 5.56 Å². The van der Waals surface area contributed by atoms with Gasteiger partial charge in [-0.1, -0.05) is 37.3 Å². The standard InChI is InChI=1S/C8H10.CH2O/c1-2-8-6-4-3-5-7-8;1-2/h3-7H,2H2,1H3;1H2. The Hall–Kier alpha value is -1.11. The first-order valence-electron chi connectivity index (χ1n) is 3.26. The highest BCUT2D eigenvalue weighted by atomic mass is 16.1. The van der Waals surface area contributed by atoms with E-state index in [1.807, 2.05) is 12.9 Å². The SMILES string of the molecule is C=O.CCc1ccccc1. The summed E-state index contributed by atoms with van der Waals surface area (Å²) >= 11 is 0. The van der Waals surface area contributed by atoms with Gasteiger partial charge in [0.25, 0.3) is 0 Å². The summed E-state index contributed by atoms with van der Waals surface area (Å²) < 4.78 is 0. The van der Waals surface area contributed by atoms with Crippen LogP contribution in [-0.2, 0) is 11.2 Å². The van der Waals surface area contributed by atoms with Gasteiger partial charge in [-0.2, -0.15) is 0 Å². The van der Waals surface area contributed by atoms with Gasteiger partial charge in [-0.25, -0.2) is 0 Å². The maximum atomic E-state index is 8.00. The molecule has 0 heterocycles. The zero-order chi connectivity index (χ0) is 7.82. The van der Waals surface area contributed by atoms with Crippen molar-refractivity contribution in [2.45, 2.75) is 13.3 Å². The van der Waals surface area contributed by atoms with Gasteiger partial charge < -0.3 is 4.79 Å². The minimum Gasteiger partial charge on any atom is -0.307 e. The van der Waals surface area contributed by atoms with Crippen molar-refractivity contribution in [2.75, 3.05) is 0 Å². The second kappa shape index (κ2) is 6.02.